The monoisotopic (exact) mass is 341 g/mol. The van der Waals surface area contributed by atoms with Crippen LogP contribution in [0.4, 0.5) is 5.69 Å². The van der Waals surface area contributed by atoms with Crippen LogP contribution in [0, 0.1) is 0 Å². The van der Waals surface area contributed by atoms with Crippen LogP contribution in [-0.2, 0) is 11.8 Å². The van der Waals surface area contributed by atoms with Gasteiger partial charge in [0.1, 0.15) is 5.75 Å². The fourth-order valence-electron chi connectivity index (χ4n) is 2.38. The number of thioether (sulfide) groups is 1. The quantitative estimate of drug-likeness (QED) is 0.695. The molecule has 0 unspecified atom stereocenters. The van der Waals surface area contributed by atoms with E-state index >= 15 is 0 Å². The highest BCUT2D eigenvalue weighted by Crippen LogP contribution is 2.23. The molecule has 0 aliphatic rings. The first-order chi connectivity index (χ1) is 11.7. The maximum atomic E-state index is 12.1. The van der Waals surface area contributed by atoms with Crippen LogP contribution in [0.15, 0.2) is 53.7 Å². The molecule has 2 aromatic carbocycles. The summed E-state index contributed by atoms with van der Waals surface area (Å²) >= 11 is 1.43. The van der Waals surface area contributed by atoms with Gasteiger partial charge in [0.15, 0.2) is 5.16 Å². The van der Waals surface area contributed by atoms with Gasteiger partial charge < -0.3 is 14.6 Å². The molecular formula is C18H19N3O2S. The second-order valence-corrected chi connectivity index (χ2v) is 6.18. The average molecular weight is 341 g/mol. The molecule has 0 aliphatic heterocycles. The lowest BCUT2D eigenvalue weighted by Crippen LogP contribution is -2.14. The number of amides is 1. The van der Waals surface area contributed by atoms with Crippen LogP contribution in [0.3, 0.4) is 0 Å². The summed E-state index contributed by atoms with van der Waals surface area (Å²) in [7, 11) is 1.96. The summed E-state index contributed by atoms with van der Waals surface area (Å²) in [5.41, 5.74) is 2.76. The summed E-state index contributed by atoms with van der Waals surface area (Å²) in [6.07, 6.45) is 0. The largest absolute Gasteiger partial charge is 0.494 e. The van der Waals surface area contributed by atoms with Crippen molar-refractivity contribution in [1.82, 2.24) is 9.55 Å². The van der Waals surface area contributed by atoms with E-state index in [0.29, 0.717) is 12.4 Å². The third-order valence-corrected chi connectivity index (χ3v) is 4.56. The molecule has 0 saturated carbocycles. The molecule has 0 spiro atoms. The Bertz CT molecular complexity index is 843. The van der Waals surface area contributed by atoms with E-state index < -0.39 is 0 Å². The first kappa shape index (κ1) is 16.4. The highest BCUT2D eigenvalue weighted by atomic mass is 32.2. The maximum absolute atomic E-state index is 12.1. The standard InChI is InChI=1S/C18H19N3O2S/c1-3-23-14-10-8-13(9-11-14)19-17(22)12-24-18-20-15-6-4-5-7-16(15)21(18)2/h4-11H,3,12H2,1-2H3,(H,19,22). The summed E-state index contributed by atoms with van der Waals surface area (Å²) in [5, 5.41) is 3.71. The number of fused-ring (bicyclic) bond motifs is 1. The zero-order chi connectivity index (χ0) is 16.9. The number of carbonyl (C=O) groups excluding carboxylic acids is 1. The van der Waals surface area contributed by atoms with Crippen LogP contribution in [-0.4, -0.2) is 27.8 Å². The van der Waals surface area contributed by atoms with Crippen LogP contribution < -0.4 is 10.1 Å². The highest BCUT2D eigenvalue weighted by molar-refractivity contribution is 7.99. The van der Waals surface area contributed by atoms with E-state index in [0.717, 1.165) is 27.6 Å². The molecule has 6 heteroatoms. The van der Waals surface area contributed by atoms with E-state index in [4.69, 9.17) is 4.74 Å². The number of benzene rings is 2. The van der Waals surface area contributed by atoms with Crippen LogP contribution in [0.2, 0.25) is 0 Å². The zero-order valence-corrected chi connectivity index (χ0v) is 14.5. The first-order valence-corrected chi connectivity index (χ1v) is 8.73. The summed E-state index contributed by atoms with van der Waals surface area (Å²) in [6.45, 7) is 2.56. The minimum absolute atomic E-state index is 0.0591. The number of hydrogen-bond acceptors (Lipinski definition) is 4. The van der Waals surface area contributed by atoms with Gasteiger partial charge in [0.05, 0.1) is 23.4 Å². The summed E-state index contributed by atoms with van der Waals surface area (Å²) in [5.74, 6) is 1.05. The van der Waals surface area contributed by atoms with Crippen molar-refractivity contribution < 1.29 is 9.53 Å². The molecule has 0 radical (unpaired) electrons. The number of carbonyl (C=O) groups is 1. The molecule has 3 aromatic rings. The number of imidazole rings is 1. The Labute approximate surface area is 145 Å². The molecule has 1 aromatic heterocycles. The summed E-state index contributed by atoms with van der Waals surface area (Å²) < 4.78 is 7.39. The number of anilines is 1. The lowest BCUT2D eigenvalue weighted by Gasteiger charge is -2.07. The molecule has 5 nitrogen and oxygen atoms in total. The van der Waals surface area contributed by atoms with E-state index in [1.807, 2.05) is 67.1 Å². The van der Waals surface area contributed by atoms with Crippen LogP contribution >= 0.6 is 11.8 Å². The van der Waals surface area contributed by atoms with Crippen molar-refractivity contribution in [1.29, 1.82) is 0 Å². The number of hydrogen-bond donors (Lipinski definition) is 1. The van der Waals surface area contributed by atoms with E-state index in [9.17, 15) is 4.79 Å². The number of aryl methyl sites for hydroxylation is 1. The van der Waals surface area contributed by atoms with Crippen molar-refractivity contribution in [2.45, 2.75) is 12.1 Å². The van der Waals surface area contributed by atoms with Gasteiger partial charge in [-0.25, -0.2) is 4.98 Å². The van der Waals surface area contributed by atoms with Crippen molar-refractivity contribution in [3.63, 3.8) is 0 Å². The summed E-state index contributed by atoms with van der Waals surface area (Å²) in [6, 6.07) is 15.3. The first-order valence-electron chi connectivity index (χ1n) is 7.74. The third-order valence-electron chi connectivity index (χ3n) is 3.53. The topological polar surface area (TPSA) is 56.1 Å². The van der Waals surface area contributed by atoms with Gasteiger partial charge in [0, 0.05) is 12.7 Å². The molecule has 124 valence electrons. The minimum Gasteiger partial charge on any atom is -0.494 e. The lowest BCUT2D eigenvalue weighted by atomic mass is 10.3. The molecule has 1 N–H and O–H groups in total. The van der Waals surface area contributed by atoms with Gasteiger partial charge in [-0.15, -0.1) is 0 Å². The highest BCUT2D eigenvalue weighted by Gasteiger charge is 2.10. The molecule has 0 saturated heterocycles. The molecule has 3 rings (SSSR count). The average Bonchev–Trinajstić information content (AvgIpc) is 2.92. The Morgan fingerprint density at radius 1 is 1.21 bits per heavy atom. The lowest BCUT2D eigenvalue weighted by molar-refractivity contribution is -0.113. The van der Waals surface area contributed by atoms with Gasteiger partial charge in [-0.2, -0.15) is 0 Å². The number of rotatable bonds is 6. The SMILES string of the molecule is CCOc1ccc(NC(=O)CSc2nc3ccccc3n2C)cc1. The molecule has 24 heavy (non-hydrogen) atoms. The molecule has 0 bridgehead atoms. The van der Waals surface area contributed by atoms with Crippen LogP contribution in [0.25, 0.3) is 11.0 Å². The second kappa shape index (κ2) is 7.40. The van der Waals surface area contributed by atoms with Crippen molar-refractivity contribution in [2.75, 3.05) is 17.7 Å². The van der Waals surface area contributed by atoms with E-state index in [2.05, 4.69) is 10.3 Å². The van der Waals surface area contributed by atoms with Crippen molar-refractivity contribution in [3.05, 3.63) is 48.5 Å². The van der Waals surface area contributed by atoms with Gasteiger partial charge >= 0.3 is 0 Å². The number of aromatic nitrogens is 2. The molecule has 1 heterocycles. The molecular weight excluding hydrogens is 322 g/mol. The van der Waals surface area contributed by atoms with Crippen LogP contribution in [0.5, 0.6) is 5.75 Å². The fourth-order valence-corrected chi connectivity index (χ4v) is 3.17. The normalized spacial score (nSPS) is 10.8. The van der Waals surface area contributed by atoms with Gasteiger partial charge in [-0.1, -0.05) is 23.9 Å². The Morgan fingerprint density at radius 3 is 2.67 bits per heavy atom. The number of nitrogens with zero attached hydrogens (tertiary/aromatic N) is 2. The maximum Gasteiger partial charge on any atom is 0.234 e. The van der Waals surface area contributed by atoms with E-state index in [1.165, 1.54) is 11.8 Å². The smallest absolute Gasteiger partial charge is 0.234 e. The Hall–Kier alpha value is -2.47. The van der Waals surface area contributed by atoms with E-state index in [1.54, 1.807) is 0 Å². The fraction of sp³-hybridized carbons (Fsp3) is 0.222. The number of para-hydroxylation sites is 2. The predicted octanol–water partition coefficient (Wildman–Crippen LogP) is 3.70. The Balaban J connectivity index is 1.59. The van der Waals surface area contributed by atoms with Crippen molar-refractivity contribution in [2.24, 2.45) is 7.05 Å². The molecule has 0 atom stereocenters. The molecule has 1 amide bonds. The van der Waals surface area contributed by atoms with Gasteiger partial charge in [0.2, 0.25) is 5.91 Å². The zero-order valence-electron chi connectivity index (χ0n) is 13.7. The molecule has 0 fully saturated rings. The Morgan fingerprint density at radius 2 is 1.96 bits per heavy atom. The molecule has 0 aliphatic carbocycles. The van der Waals surface area contributed by atoms with Crippen molar-refractivity contribution >= 4 is 34.4 Å². The van der Waals surface area contributed by atoms with Gasteiger partial charge in [-0.3, -0.25) is 4.79 Å². The van der Waals surface area contributed by atoms with Gasteiger partial charge in [0.25, 0.3) is 0 Å². The predicted molar refractivity (Wildman–Crippen MR) is 97.7 cm³/mol. The Kier molecular flexibility index (Phi) is 5.05. The number of ether oxygens (including phenoxy) is 1. The van der Waals surface area contributed by atoms with Crippen molar-refractivity contribution in [3.8, 4) is 5.75 Å². The van der Waals surface area contributed by atoms with E-state index in [-0.39, 0.29) is 5.91 Å². The number of nitrogens with one attached hydrogen (secondary N) is 1. The van der Waals surface area contributed by atoms with Crippen LogP contribution in [0.1, 0.15) is 6.92 Å². The second-order valence-electron chi connectivity index (χ2n) is 5.24. The van der Waals surface area contributed by atoms with Gasteiger partial charge in [-0.05, 0) is 43.3 Å². The summed E-state index contributed by atoms with van der Waals surface area (Å²) in [4.78, 5) is 16.7. The third kappa shape index (κ3) is 3.71. The minimum atomic E-state index is -0.0591.